The topological polar surface area (TPSA) is 155 Å². The van der Waals surface area contributed by atoms with Crippen molar-refractivity contribution in [1.82, 2.24) is 24.9 Å². The van der Waals surface area contributed by atoms with Crippen LogP contribution >= 0.6 is 0 Å². The molecule has 4 aromatic rings. The summed E-state index contributed by atoms with van der Waals surface area (Å²) in [5.74, 6) is 1.33. The lowest BCUT2D eigenvalue weighted by Crippen LogP contribution is -2.52. The molecule has 9 rings (SSSR count). The molecule has 0 radical (unpaired) electrons. The Morgan fingerprint density at radius 2 is 1.58 bits per heavy atom. The summed E-state index contributed by atoms with van der Waals surface area (Å²) in [7, 11) is 0. The molecule has 13 heteroatoms. The molecule has 4 amide bonds. The van der Waals surface area contributed by atoms with Gasteiger partial charge >= 0.3 is 0 Å². The Morgan fingerprint density at radius 3 is 2.31 bits per heavy atom. The smallest absolute Gasteiger partial charge is 0.255 e. The van der Waals surface area contributed by atoms with Crippen LogP contribution in [-0.4, -0.2) is 88.0 Å². The molecular weight excluding hydrogens is 697 g/mol. The van der Waals surface area contributed by atoms with Crippen LogP contribution in [0, 0.1) is 5.92 Å². The van der Waals surface area contributed by atoms with Crippen LogP contribution < -0.4 is 26.0 Å². The molecule has 0 saturated carbocycles. The van der Waals surface area contributed by atoms with Crippen molar-refractivity contribution >= 4 is 35.1 Å². The number of likely N-dealkylation sites (tertiary alicyclic amines) is 1. The van der Waals surface area contributed by atoms with E-state index in [4.69, 9.17) is 15.6 Å². The molecule has 1 unspecified atom stereocenters. The van der Waals surface area contributed by atoms with Crippen molar-refractivity contribution in [3.63, 3.8) is 0 Å². The van der Waals surface area contributed by atoms with Crippen molar-refractivity contribution in [3.05, 3.63) is 89.5 Å². The molecule has 0 aliphatic carbocycles. The van der Waals surface area contributed by atoms with Gasteiger partial charge in [0, 0.05) is 55.5 Å². The molecule has 2 atom stereocenters. The zero-order valence-corrected chi connectivity index (χ0v) is 30.8. The van der Waals surface area contributed by atoms with Gasteiger partial charge in [0.1, 0.15) is 34.6 Å². The first-order valence-corrected chi connectivity index (χ1v) is 19.6. The van der Waals surface area contributed by atoms with Gasteiger partial charge in [-0.3, -0.25) is 24.5 Å². The number of imide groups is 1. The summed E-state index contributed by atoms with van der Waals surface area (Å²) in [5.41, 5.74) is 10.5. The van der Waals surface area contributed by atoms with Crippen LogP contribution in [0.5, 0.6) is 11.5 Å². The van der Waals surface area contributed by atoms with Crippen LogP contribution in [0.3, 0.4) is 0 Å². The minimum Gasteiger partial charge on any atom is -0.457 e. The summed E-state index contributed by atoms with van der Waals surface area (Å²) in [6.07, 6.45) is 5.78. The Labute approximate surface area is 319 Å². The van der Waals surface area contributed by atoms with Crippen molar-refractivity contribution in [2.24, 2.45) is 11.7 Å². The highest BCUT2D eigenvalue weighted by Crippen LogP contribution is 2.41. The largest absolute Gasteiger partial charge is 0.457 e. The molecule has 6 heterocycles. The highest BCUT2D eigenvalue weighted by Gasteiger charge is 2.40. The maximum absolute atomic E-state index is 13.4. The van der Waals surface area contributed by atoms with E-state index in [0.29, 0.717) is 47.5 Å². The van der Waals surface area contributed by atoms with Gasteiger partial charge in [0.15, 0.2) is 0 Å². The number of para-hydroxylation sites is 1. The maximum atomic E-state index is 13.4. The Morgan fingerprint density at radius 1 is 0.836 bits per heavy atom. The van der Waals surface area contributed by atoms with Crippen LogP contribution in [-0.2, 0) is 16.1 Å². The van der Waals surface area contributed by atoms with E-state index in [1.807, 2.05) is 71.4 Å². The number of piperidine rings is 3. The third kappa shape index (κ3) is 6.70. The van der Waals surface area contributed by atoms with Crippen molar-refractivity contribution < 1.29 is 23.9 Å². The fourth-order valence-corrected chi connectivity index (χ4v) is 9.38. The first kappa shape index (κ1) is 35.0. The summed E-state index contributed by atoms with van der Waals surface area (Å²) < 4.78 is 8.02. The number of ether oxygens (including phenoxy) is 1. The summed E-state index contributed by atoms with van der Waals surface area (Å²) in [4.78, 5) is 57.0. The number of carbonyl (C=O) groups excluding carboxylic acids is 4. The fourth-order valence-electron chi connectivity index (χ4n) is 9.38. The summed E-state index contributed by atoms with van der Waals surface area (Å²) >= 11 is 0. The molecule has 0 bridgehead atoms. The number of nitrogens with two attached hydrogens (primary N) is 1. The fraction of sp³-hybridized carbons (Fsp3) is 0.405. The predicted molar refractivity (Wildman–Crippen MR) is 207 cm³/mol. The Hall–Kier alpha value is -5.69. The average Bonchev–Trinajstić information content (AvgIpc) is 3.76. The van der Waals surface area contributed by atoms with Gasteiger partial charge in [0.2, 0.25) is 11.8 Å². The predicted octanol–water partition coefficient (Wildman–Crippen LogP) is 4.94. The van der Waals surface area contributed by atoms with E-state index >= 15 is 0 Å². The highest BCUT2D eigenvalue weighted by atomic mass is 16.5. The van der Waals surface area contributed by atoms with Gasteiger partial charge in [-0.15, -0.1) is 0 Å². The summed E-state index contributed by atoms with van der Waals surface area (Å²) in [6.45, 7) is 5.04. The second kappa shape index (κ2) is 14.5. The molecule has 3 aromatic carbocycles. The first-order valence-electron chi connectivity index (χ1n) is 19.6. The zero-order chi connectivity index (χ0) is 37.6. The van der Waals surface area contributed by atoms with Gasteiger partial charge in [0.05, 0.1) is 6.04 Å². The minimum absolute atomic E-state index is 0.134. The molecule has 3 fully saturated rings. The van der Waals surface area contributed by atoms with E-state index in [2.05, 4.69) is 26.5 Å². The lowest BCUT2D eigenvalue weighted by Gasteiger charge is -2.44. The third-order valence-corrected chi connectivity index (χ3v) is 12.3. The monoisotopic (exact) mass is 742 g/mol. The second-order valence-electron chi connectivity index (χ2n) is 15.4. The number of rotatable bonds is 8. The Bertz CT molecular complexity index is 2120. The lowest BCUT2D eigenvalue weighted by atomic mass is 9.85. The number of hydrogen-bond donors (Lipinski definition) is 3. The molecule has 0 spiro atoms. The van der Waals surface area contributed by atoms with E-state index in [1.165, 1.54) is 0 Å². The number of amides is 4. The van der Waals surface area contributed by atoms with Crippen LogP contribution in [0.15, 0.2) is 72.8 Å². The molecule has 55 heavy (non-hydrogen) atoms. The van der Waals surface area contributed by atoms with Gasteiger partial charge < -0.3 is 30.5 Å². The standard InChI is InChI=1S/C42H46N8O5/c43-39(52)37-38(27-7-10-32(11-8-27)55-31-4-2-1-3-5-31)46-50-34(14-19-44-40(37)50)26-15-20-47(21-16-26)29-17-22-48(23-18-29)30-9-6-28-25-49(42(54)33(28)24-30)35-12-13-36(51)45-41(35)53/h1-11,24,26,29,34-35,44H,12-23,25H2,(H2,43,52)(H,45,51,53)/t34-,35?/m0/s1. The van der Waals surface area contributed by atoms with Crippen LogP contribution in [0.1, 0.15) is 77.3 Å². The molecule has 5 aliphatic rings. The number of benzene rings is 3. The van der Waals surface area contributed by atoms with E-state index in [9.17, 15) is 19.2 Å². The van der Waals surface area contributed by atoms with Gasteiger partial charge in [-0.25, -0.2) is 4.68 Å². The quantitative estimate of drug-likeness (QED) is 0.213. The lowest BCUT2D eigenvalue weighted by molar-refractivity contribution is -0.136. The van der Waals surface area contributed by atoms with Gasteiger partial charge in [0.25, 0.3) is 11.8 Å². The zero-order valence-electron chi connectivity index (χ0n) is 30.8. The Kier molecular flexibility index (Phi) is 9.25. The number of aromatic nitrogens is 2. The van der Waals surface area contributed by atoms with E-state index in [-0.39, 0.29) is 30.2 Å². The molecule has 3 saturated heterocycles. The van der Waals surface area contributed by atoms with Crippen LogP contribution in [0.4, 0.5) is 11.5 Å². The van der Waals surface area contributed by atoms with E-state index in [0.717, 1.165) is 93.2 Å². The summed E-state index contributed by atoms with van der Waals surface area (Å²) in [6, 6.07) is 23.5. The minimum atomic E-state index is -0.605. The van der Waals surface area contributed by atoms with E-state index < -0.39 is 11.9 Å². The van der Waals surface area contributed by atoms with Crippen molar-refractivity contribution in [1.29, 1.82) is 0 Å². The Balaban J connectivity index is 0.818. The number of fused-ring (bicyclic) bond motifs is 2. The highest BCUT2D eigenvalue weighted by molar-refractivity contribution is 6.06. The molecular formula is C42H46N8O5. The SMILES string of the molecule is NC(=O)c1c(-c2ccc(Oc3ccccc3)cc2)nn2c1NCC[C@H]2C1CCN(C2CCN(c3ccc4c(c3)C(=O)N(C3CCC(=O)NC3=O)C4)CC2)CC1. The number of nitrogens with one attached hydrogen (secondary N) is 2. The normalized spacial score (nSPS) is 22.2. The maximum Gasteiger partial charge on any atom is 0.255 e. The number of hydrogen-bond acceptors (Lipinski definition) is 9. The van der Waals surface area contributed by atoms with Gasteiger partial charge in [-0.05, 0) is 112 Å². The summed E-state index contributed by atoms with van der Waals surface area (Å²) in [5, 5.41) is 10.9. The van der Waals surface area contributed by atoms with Crippen LogP contribution in [0.2, 0.25) is 0 Å². The molecule has 1 aromatic heterocycles. The third-order valence-electron chi connectivity index (χ3n) is 12.3. The molecule has 13 nitrogen and oxygen atoms in total. The average molecular weight is 743 g/mol. The van der Waals surface area contributed by atoms with Crippen molar-refractivity contribution in [2.75, 3.05) is 42.9 Å². The van der Waals surface area contributed by atoms with Gasteiger partial charge in [-0.2, -0.15) is 5.10 Å². The van der Waals surface area contributed by atoms with E-state index in [1.54, 1.807) is 4.90 Å². The molecule has 4 N–H and O–H groups in total. The first-order chi connectivity index (χ1) is 26.8. The molecule has 5 aliphatic heterocycles. The number of primary amides is 1. The second-order valence-corrected chi connectivity index (χ2v) is 15.4. The number of anilines is 2. The van der Waals surface area contributed by atoms with Crippen molar-refractivity contribution in [2.45, 2.75) is 69.6 Å². The van der Waals surface area contributed by atoms with Crippen molar-refractivity contribution in [3.8, 4) is 22.8 Å². The molecule has 284 valence electrons. The van der Waals surface area contributed by atoms with Gasteiger partial charge in [-0.1, -0.05) is 24.3 Å². The number of nitrogens with zero attached hydrogens (tertiary/aromatic N) is 5. The number of carbonyl (C=O) groups is 4. The van der Waals surface area contributed by atoms with Crippen LogP contribution in [0.25, 0.3) is 11.3 Å².